The zero-order chi connectivity index (χ0) is 23.4. The first-order valence-corrected chi connectivity index (χ1v) is 12.9. The molecular weight excluding hydrogens is 443 g/mol. The van der Waals surface area contributed by atoms with Crippen LogP contribution in [0, 0.1) is 5.82 Å². The number of nitrogens with zero attached hydrogens (tertiary/aromatic N) is 3. The van der Waals surface area contributed by atoms with Crippen LogP contribution < -0.4 is 5.32 Å². The van der Waals surface area contributed by atoms with Crippen molar-refractivity contribution in [1.29, 1.82) is 0 Å². The van der Waals surface area contributed by atoms with Gasteiger partial charge in [-0.2, -0.15) is 4.31 Å². The van der Waals surface area contributed by atoms with Crippen LogP contribution >= 0.6 is 0 Å². The van der Waals surface area contributed by atoms with E-state index in [4.69, 9.17) is 4.98 Å². The average Bonchev–Trinajstić information content (AvgIpc) is 3.44. The van der Waals surface area contributed by atoms with Crippen molar-refractivity contribution >= 4 is 32.7 Å². The van der Waals surface area contributed by atoms with Crippen molar-refractivity contribution in [2.75, 3.05) is 18.4 Å². The number of unbranched alkanes of at least 4 members (excludes halogenated alkanes) is 1. The predicted octanol–water partition coefficient (Wildman–Crippen LogP) is 4.33. The maximum absolute atomic E-state index is 13.4. The molecule has 1 fully saturated rings. The van der Waals surface area contributed by atoms with E-state index < -0.39 is 15.8 Å². The van der Waals surface area contributed by atoms with Gasteiger partial charge in [0.15, 0.2) is 0 Å². The number of hydrogen-bond acceptors (Lipinski definition) is 4. The van der Waals surface area contributed by atoms with E-state index in [1.165, 1.54) is 16.4 Å². The van der Waals surface area contributed by atoms with Crippen LogP contribution in [0.2, 0.25) is 0 Å². The summed E-state index contributed by atoms with van der Waals surface area (Å²) in [5, 5.41) is 2.71. The molecule has 0 aliphatic carbocycles. The van der Waals surface area contributed by atoms with Gasteiger partial charge >= 0.3 is 0 Å². The number of amides is 1. The fourth-order valence-electron chi connectivity index (χ4n) is 4.17. The van der Waals surface area contributed by atoms with Crippen LogP contribution in [0.3, 0.4) is 0 Å². The first-order chi connectivity index (χ1) is 15.9. The summed E-state index contributed by atoms with van der Waals surface area (Å²) in [6.45, 7) is 3.95. The Labute approximate surface area is 193 Å². The lowest BCUT2D eigenvalue weighted by molar-refractivity contribution is -0.116. The van der Waals surface area contributed by atoms with Crippen molar-refractivity contribution < 1.29 is 17.6 Å². The Kier molecular flexibility index (Phi) is 7.09. The van der Waals surface area contributed by atoms with Crippen molar-refractivity contribution in [2.45, 2.75) is 56.9 Å². The lowest BCUT2D eigenvalue weighted by Gasteiger charge is -2.15. The summed E-state index contributed by atoms with van der Waals surface area (Å²) in [5.74, 6) is 0.101. The maximum Gasteiger partial charge on any atom is 0.243 e. The van der Waals surface area contributed by atoms with E-state index in [-0.39, 0.29) is 17.2 Å². The number of nitrogens with one attached hydrogen (secondary N) is 1. The average molecular weight is 473 g/mol. The van der Waals surface area contributed by atoms with Crippen LogP contribution in [-0.2, 0) is 27.8 Å². The Balaban J connectivity index is 1.56. The van der Waals surface area contributed by atoms with Crippen LogP contribution in [0.4, 0.5) is 10.1 Å². The summed E-state index contributed by atoms with van der Waals surface area (Å²) in [6, 6.07) is 10.9. The number of halogens is 1. The van der Waals surface area contributed by atoms with Crippen molar-refractivity contribution in [1.82, 2.24) is 13.9 Å². The monoisotopic (exact) mass is 472 g/mol. The number of aryl methyl sites for hydroxylation is 2. The van der Waals surface area contributed by atoms with E-state index in [2.05, 4.69) is 16.8 Å². The van der Waals surface area contributed by atoms with Crippen LogP contribution in [0.25, 0.3) is 11.0 Å². The molecule has 4 rings (SSSR count). The van der Waals surface area contributed by atoms with Gasteiger partial charge in [-0.15, -0.1) is 0 Å². The third kappa shape index (κ3) is 5.25. The molecule has 0 saturated carbocycles. The van der Waals surface area contributed by atoms with Crippen LogP contribution in [0.5, 0.6) is 0 Å². The third-order valence-corrected chi connectivity index (χ3v) is 7.82. The molecule has 176 valence electrons. The smallest absolute Gasteiger partial charge is 0.243 e. The molecule has 1 saturated heterocycles. The molecule has 1 aromatic heterocycles. The highest BCUT2D eigenvalue weighted by Crippen LogP contribution is 2.26. The predicted molar refractivity (Wildman–Crippen MR) is 126 cm³/mol. The Morgan fingerprint density at radius 1 is 1.15 bits per heavy atom. The summed E-state index contributed by atoms with van der Waals surface area (Å²) in [5.41, 5.74) is 1.90. The number of anilines is 1. The standard InChI is InChI=1S/C24H29FN4O3S/c1-2-3-15-29-22-10-9-20(33(31,32)28-13-4-5-14-28)17-21(22)27-23(29)11-12-24(30)26-19-8-6-7-18(25)16-19/h6-10,16-17H,2-5,11-15H2,1H3,(H,26,30). The summed E-state index contributed by atoms with van der Waals surface area (Å²) in [4.78, 5) is 17.4. The molecule has 1 aliphatic heterocycles. The Bertz CT molecular complexity index is 1250. The number of imidazole rings is 1. The molecule has 1 N–H and O–H groups in total. The van der Waals surface area contributed by atoms with E-state index in [0.29, 0.717) is 30.7 Å². The molecule has 33 heavy (non-hydrogen) atoms. The SMILES string of the molecule is CCCCn1c(CCC(=O)Nc2cccc(F)c2)nc2cc(S(=O)(=O)N3CCCC3)ccc21. The van der Waals surface area contributed by atoms with E-state index in [1.807, 2.05) is 6.07 Å². The molecule has 0 bridgehead atoms. The van der Waals surface area contributed by atoms with Crippen LogP contribution in [0.1, 0.15) is 44.9 Å². The first-order valence-electron chi connectivity index (χ1n) is 11.4. The number of benzene rings is 2. The molecule has 0 unspecified atom stereocenters. The normalized spacial score (nSPS) is 14.7. The number of fused-ring (bicyclic) bond motifs is 1. The molecule has 0 radical (unpaired) electrons. The molecule has 1 aliphatic rings. The first kappa shape index (κ1) is 23.4. The number of sulfonamides is 1. The third-order valence-electron chi connectivity index (χ3n) is 5.92. The summed E-state index contributed by atoms with van der Waals surface area (Å²) >= 11 is 0. The molecule has 2 aromatic carbocycles. The van der Waals surface area contributed by atoms with E-state index in [1.54, 1.807) is 24.3 Å². The Morgan fingerprint density at radius 3 is 2.67 bits per heavy atom. The number of rotatable bonds is 9. The molecule has 7 nitrogen and oxygen atoms in total. The van der Waals surface area contributed by atoms with Crippen molar-refractivity contribution in [3.63, 3.8) is 0 Å². The van der Waals surface area contributed by atoms with Gasteiger partial charge in [0.2, 0.25) is 15.9 Å². The molecule has 1 amide bonds. The van der Waals surface area contributed by atoms with Crippen LogP contribution in [-0.4, -0.2) is 41.3 Å². The molecule has 0 atom stereocenters. The Morgan fingerprint density at radius 2 is 1.94 bits per heavy atom. The van der Waals surface area contributed by atoms with Gasteiger partial charge in [0.25, 0.3) is 0 Å². The molecule has 9 heteroatoms. The lowest BCUT2D eigenvalue weighted by Crippen LogP contribution is -2.27. The van der Waals surface area contributed by atoms with Gasteiger partial charge in [-0.05, 0) is 55.7 Å². The van der Waals surface area contributed by atoms with Crippen LogP contribution in [0.15, 0.2) is 47.4 Å². The maximum atomic E-state index is 13.4. The minimum absolute atomic E-state index is 0.185. The highest BCUT2D eigenvalue weighted by Gasteiger charge is 2.28. The van der Waals surface area contributed by atoms with Gasteiger partial charge < -0.3 is 9.88 Å². The van der Waals surface area contributed by atoms with E-state index in [9.17, 15) is 17.6 Å². The summed E-state index contributed by atoms with van der Waals surface area (Å²) in [7, 11) is -3.53. The highest BCUT2D eigenvalue weighted by molar-refractivity contribution is 7.89. The van der Waals surface area contributed by atoms with Gasteiger partial charge in [0.1, 0.15) is 11.6 Å². The Hall–Kier alpha value is -2.78. The molecule has 2 heterocycles. The lowest BCUT2D eigenvalue weighted by atomic mass is 10.2. The number of aromatic nitrogens is 2. The van der Waals surface area contributed by atoms with Gasteiger partial charge in [0.05, 0.1) is 15.9 Å². The second-order valence-electron chi connectivity index (χ2n) is 8.35. The molecular formula is C24H29FN4O3S. The van der Waals surface area contributed by atoms with Gasteiger partial charge in [-0.25, -0.2) is 17.8 Å². The highest BCUT2D eigenvalue weighted by atomic mass is 32.2. The summed E-state index contributed by atoms with van der Waals surface area (Å²) < 4.78 is 42.9. The van der Waals surface area contributed by atoms with Gasteiger partial charge in [-0.1, -0.05) is 19.4 Å². The molecule has 3 aromatic rings. The topological polar surface area (TPSA) is 84.3 Å². The number of carbonyl (C=O) groups excluding carboxylic acids is 1. The number of hydrogen-bond donors (Lipinski definition) is 1. The summed E-state index contributed by atoms with van der Waals surface area (Å²) in [6.07, 6.45) is 4.30. The second kappa shape index (κ2) is 10.0. The fraction of sp³-hybridized carbons (Fsp3) is 0.417. The quantitative estimate of drug-likeness (QED) is 0.502. The van der Waals surface area contributed by atoms with E-state index in [0.717, 1.165) is 43.6 Å². The minimum atomic E-state index is -3.53. The van der Waals surface area contributed by atoms with Gasteiger partial charge in [-0.3, -0.25) is 4.79 Å². The minimum Gasteiger partial charge on any atom is -0.328 e. The van der Waals surface area contributed by atoms with Crippen molar-refractivity contribution in [2.24, 2.45) is 0 Å². The van der Waals surface area contributed by atoms with Crippen molar-refractivity contribution in [3.8, 4) is 0 Å². The fourth-order valence-corrected chi connectivity index (χ4v) is 5.71. The number of carbonyl (C=O) groups is 1. The van der Waals surface area contributed by atoms with E-state index >= 15 is 0 Å². The molecule has 0 spiro atoms. The largest absolute Gasteiger partial charge is 0.328 e. The van der Waals surface area contributed by atoms with Gasteiger partial charge in [0, 0.05) is 38.2 Å². The zero-order valence-electron chi connectivity index (χ0n) is 18.8. The second-order valence-corrected chi connectivity index (χ2v) is 10.3. The van der Waals surface area contributed by atoms with Crippen molar-refractivity contribution in [3.05, 3.63) is 54.1 Å². The zero-order valence-corrected chi connectivity index (χ0v) is 19.6.